The molecule has 0 saturated heterocycles. The lowest BCUT2D eigenvalue weighted by Crippen LogP contribution is -2.10. The summed E-state index contributed by atoms with van der Waals surface area (Å²) in [6.45, 7) is -0.621. The number of H-pyrrole nitrogens is 1. The van der Waals surface area contributed by atoms with Gasteiger partial charge in [0, 0.05) is 11.6 Å². The summed E-state index contributed by atoms with van der Waals surface area (Å²) in [5.41, 5.74) is 1.07. The average molecular weight is 243 g/mol. The number of carbonyl (C=O) groups is 1. The van der Waals surface area contributed by atoms with Crippen LogP contribution in [0, 0.1) is 0 Å². The van der Waals surface area contributed by atoms with Gasteiger partial charge in [-0.3, -0.25) is 4.79 Å². The molecule has 3 rings (SSSR count). The minimum Gasteiger partial charge on any atom is -0.463 e. The van der Waals surface area contributed by atoms with Gasteiger partial charge in [0.05, 0.1) is 6.26 Å². The fraction of sp³-hybridized carbons (Fsp3) is 0.0833. The van der Waals surface area contributed by atoms with Crippen molar-refractivity contribution in [1.82, 2.24) is 15.0 Å². The maximum atomic E-state index is 11.5. The van der Waals surface area contributed by atoms with Crippen LogP contribution in [0.4, 0.5) is 0 Å². The summed E-state index contributed by atoms with van der Waals surface area (Å²) in [6, 6.07) is 5.30. The van der Waals surface area contributed by atoms with Crippen molar-refractivity contribution >= 4 is 16.8 Å². The molecule has 18 heavy (non-hydrogen) atoms. The highest BCUT2D eigenvalue weighted by molar-refractivity contribution is 5.97. The zero-order chi connectivity index (χ0) is 12.5. The number of hydrogen-bond donors (Lipinski definition) is 2. The molecule has 3 heterocycles. The maximum absolute atomic E-state index is 11.5. The van der Waals surface area contributed by atoms with E-state index in [1.165, 1.54) is 6.26 Å². The van der Waals surface area contributed by atoms with Crippen molar-refractivity contribution in [2.24, 2.45) is 0 Å². The minimum absolute atomic E-state index is 0.0288. The van der Waals surface area contributed by atoms with Crippen LogP contribution in [0.3, 0.4) is 0 Å². The van der Waals surface area contributed by atoms with Crippen LogP contribution in [0.15, 0.2) is 35.1 Å². The monoisotopic (exact) mass is 243 g/mol. The van der Waals surface area contributed by atoms with Crippen molar-refractivity contribution in [3.05, 3.63) is 36.5 Å². The molecule has 0 aliphatic rings. The second-order valence-corrected chi connectivity index (χ2v) is 3.69. The van der Waals surface area contributed by atoms with Gasteiger partial charge in [-0.15, -0.1) is 0 Å². The molecule has 0 saturated carbocycles. The summed E-state index contributed by atoms with van der Waals surface area (Å²) in [7, 11) is 0. The van der Waals surface area contributed by atoms with E-state index in [1.807, 2.05) is 0 Å². The van der Waals surface area contributed by atoms with E-state index in [9.17, 15) is 4.79 Å². The minimum atomic E-state index is -0.621. The Bertz CT molecular complexity index is 701. The first kappa shape index (κ1) is 10.7. The number of fused-ring (bicyclic) bond motifs is 1. The Morgan fingerprint density at radius 3 is 3.00 bits per heavy atom. The average Bonchev–Trinajstić information content (AvgIpc) is 3.06. The van der Waals surface area contributed by atoms with Crippen LogP contribution in [-0.4, -0.2) is 32.4 Å². The third kappa shape index (κ3) is 1.59. The zero-order valence-corrected chi connectivity index (χ0v) is 9.25. The molecule has 3 aromatic rings. The van der Waals surface area contributed by atoms with E-state index in [2.05, 4.69) is 15.0 Å². The Hall–Kier alpha value is -2.47. The Balaban J connectivity index is 2.28. The maximum Gasteiger partial charge on any atom is 0.225 e. The number of nitrogens with zero attached hydrogens (tertiary/aromatic N) is 2. The molecule has 0 radical (unpaired) electrons. The molecular formula is C12H9N3O3. The molecule has 0 amide bonds. The van der Waals surface area contributed by atoms with E-state index >= 15 is 0 Å². The summed E-state index contributed by atoms with van der Waals surface area (Å²) in [6.07, 6.45) is 3.24. The van der Waals surface area contributed by atoms with Gasteiger partial charge in [-0.1, -0.05) is 0 Å². The first-order valence-corrected chi connectivity index (χ1v) is 5.32. The highest BCUT2D eigenvalue weighted by atomic mass is 16.3. The molecule has 6 heteroatoms. The molecule has 0 spiro atoms. The highest BCUT2D eigenvalue weighted by Crippen LogP contribution is 2.25. The molecule has 0 aliphatic carbocycles. The smallest absolute Gasteiger partial charge is 0.225 e. The van der Waals surface area contributed by atoms with Crippen LogP contribution >= 0.6 is 0 Å². The normalized spacial score (nSPS) is 10.9. The molecule has 0 bridgehead atoms. The van der Waals surface area contributed by atoms with E-state index < -0.39 is 12.4 Å². The fourth-order valence-electron chi connectivity index (χ4n) is 1.74. The molecule has 0 atom stereocenters. The Morgan fingerprint density at radius 2 is 2.28 bits per heavy atom. The predicted octanol–water partition coefficient (Wildman–Crippen LogP) is 1.39. The van der Waals surface area contributed by atoms with Gasteiger partial charge in [0.1, 0.15) is 17.9 Å². The summed E-state index contributed by atoms with van der Waals surface area (Å²) >= 11 is 0. The number of aromatic nitrogens is 3. The topological polar surface area (TPSA) is 92.0 Å². The molecule has 6 nitrogen and oxygen atoms in total. The van der Waals surface area contributed by atoms with Crippen LogP contribution in [0.2, 0.25) is 0 Å². The van der Waals surface area contributed by atoms with Gasteiger partial charge in [-0.05, 0) is 18.2 Å². The number of carbonyl (C=O) groups excluding carboxylic acids is 1. The quantitative estimate of drug-likeness (QED) is 0.678. The van der Waals surface area contributed by atoms with Gasteiger partial charge in [0.25, 0.3) is 0 Å². The Labute approximate surface area is 101 Å². The van der Waals surface area contributed by atoms with Gasteiger partial charge < -0.3 is 14.5 Å². The first-order valence-electron chi connectivity index (χ1n) is 5.32. The molecule has 0 aromatic carbocycles. The van der Waals surface area contributed by atoms with Crippen LogP contribution in [0.1, 0.15) is 10.6 Å². The molecule has 0 aliphatic heterocycles. The number of nitrogens with one attached hydrogen (secondary N) is 1. The van der Waals surface area contributed by atoms with Crippen LogP contribution in [-0.2, 0) is 0 Å². The molecule has 0 unspecified atom stereocenters. The van der Waals surface area contributed by atoms with E-state index in [0.717, 1.165) is 5.39 Å². The van der Waals surface area contributed by atoms with Gasteiger partial charge in [-0.25, -0.2) is 9.97 Å². The number of aromatic amines is 1. The van der Waals surface area contributed by atoms with E-state index in [1.54, 1.807) is 24.4 Å². The summed E-state index contributed by atoms with van der Waals surface area (Å²) in [5.74, 6) is -0.00727. The van der Waals surface area contributed by atoms with Crippen LogP contribution in [0.25, 0.3) is 22.5 Å². The SMILES string of the molecule is O=C(CO)c1nc(-c2ccco2)c2cc[nH]c2n1. The van der Waals surface area contributed by atoms with Crippen LogP contribution in [0.5, 0.6) is 0 Å². The lowest BCUT2D eigenvalue weighted by Gasteiger charge is -2.02. The molecule has 2 N–H and O–H groups in total. The lowest BCUT2D eigenvalue weighted by atomic mass is 10.2. The van der Waals surface area contributed by atoms with E-state index in [-0.39, 0.29) is 5.82 Å². The third-order valence-corrected chi connectivity index (χ3v) is 2.56. The second kappa shape index (κ2) is 4.08. The summed E-state index contributed by atoms with van der Waals surface area (Å²) in [4.78, 5) is 22.6. The standard InChI is InChI=1S/C12H9N3O3/c16-6-8(17)12-14-10(9-2-1-5-18-9)7-3-4-13-11(7)15-12/h1-5,16H,6H2,(H,13,14,15). The van der Waals surface area contributed by atoms with Crippen LogP contribution < -0.4 is 0 Å². The number of Topliss-reactive ketones (excluding diaryl/α,β-unsaturated/α-hetero) is 1. The first-order chi connectivity index (χ1) is 8.79. The molecule has 3 aromatic heterocycles. The van der Waals surface area contributed by atoms with Crippen molar-refractivity contribution in [1.29, 1.82) is 0 Å². The molecular weight excluding hydrogens is 234 g/mol. The van der Waals surface area contributed by atoms with Gasteiger partial charge in [0.2, 0.25) is 11.6 Å². The molecule has 90 valence electrons. The molecule has 0 fully saturated rings. The second-order valence-electron chi connectivity index (χ2n) is 3.69. The van der Waals surface area contributed by atoms with Crippen molar-refractivity contribution in [3.8, 4) is 11.5 Å². The fourth-order valence-corrected chi connectivity index (χ4v) is 1.74. The highest BCUT2D eigenvalue weighted by Gasteiger charge is 2.16. The zero-order valence-electron chi connectivity index (χ0n) is 9.25. The summed E-state index contributed by atoms with van der Waals surface area (Å²) < 4.78 is 5.29. The van der Waals surface area contributed by atoms with Gasteiger partial charge >= 0.3 is 0 Å². The van der Waals surface area contributed by atoms with Gasteiger partial charge in [0.15, 0.2) is 5.76 Å². The van der Waals surface area contributed by atoms with Gasteiger partial charge in [-0.2, -0.15) is 0 Å². The predicted molar refractivity (Wildman–Crippen MR) is 63.0 cm³/mol. The van der Waals surface area contributed by atoms with E-state index in [4.69, 9.17) is 9.52 Å². The number of hydrogen-bond acceptors (Lipinski definition) is 5. The summed E-state index contributed by atoms with van der Waals surface area (Å²) in [5, 5.41) is 9.63. The Morgan fingerprint density at radius 1 is 1.39 bits per heavy atom. The number of ketones is 1. The number of furan rings is 1. The number of aliphatic hydroxyl groups excluding tert-OH is 1. The van der Waals surface area contributed by atoms with E-state index in [0.29, 0.717) is 17.1 Å². The van der Waals surface area contributed by atoms with Crippen molar-refractivity contribution in [3.63, 3.8) is 0 Å². The van der Waals surface area contributed by atoms with Crippen molar-refractivity contribution in [2.45, 2.75) is 0 Å². The van der Waals surface area contributed by atoms with Crippen molar-refractivity contribution in [2.75, 3.05) is 6.61 Å². The third-order valence-electron chi connectivity index (χ3n) is 2.56. The lowest BCUT2D eigenvalue weighted by molar-refractivity contribution is 0.0893. The Kier molecular flexibility index (Phi) is 2.42. The largest absolute Gasteiger partial charge is 0.463 e. The van der Waals surface area contributed by atoms with Crippen molar-refractivity contribution < 1.29 is 14.3 Å². The number of rotatable bonds is 3. The number of aliphatic hydroxyl groups is 1.